The van der Waals surface area contributed by atoms with Gasteiger partial charge in [-0.15, -0.1) is 5.10 Å². The topological polar surface area (TPSA) is 96.5 Å². The van der Waals surface area contributed by atoms with Crippen LogP contribution >= 0.6 is 23.4 Å². The molecule has 2 amide bonds. The van der Waals surface area contributed by atoms with Crippen LogP contribution in [0, 0.1) is 0 Å². The number of amides is 2. The molecule has 10 heteroatoms. The van der Waals surface area contributed by atoms with E-state index in [2.05, 4.69) is 15.5 Å². The molecule has 0 bridgehead atoms. The average Bonchev–Trinajstić information content (AvgIpc) is 3.62. The molecule has 1 aliphatic heterocycles. The monoisotopic (exact) mass is 596 g/mol. The molecule has 5 rings (SSSR count). The summed E-state index contributed by atoms with van der Waals surface area (Å²) in [6.07, 6.45) is 8.53. The summed E-state index contributed by atoms with van der Waals surface area (Å²) in [5, 5.41) is 12.2. The van der Waals surface area contributed by atoms with Crippen LogP contribution in [0.2, 0.25) is 5.02 Å². The van der Waals surface area contributed by atoms with Crippen molar-refractivity contribution in [2.75, 3.05) is 11.9 Å². The van der Waals surface area contributed by atoms with Gasteiger partial charge in [-0.05, 0) is 71.9 Å². The van der Waals surface area contributed by atoms with Gasteiger partial charge in [-0.25, -0.2) is 0 Å². The van der Waals surface area contributed by atoms with E-state index in [9.17, 15) is 9.59 Å². The smallest absolute Gasteiger partial charge is 0.267 e. The van der Waals surface area contributed by atoms with Crippen molar-refractivity contribution in [2.24, 2.45) is 10.2 Å². The zero-order valence-electron chi connectivity index (χ0n) is 22.2. The first-order valence-electron chi connectivity index (χ1n) is 12.9. The van der Waals surface area contributed by atoms with Crippen molar-refractivity contribution < 1.29 is 18.7 Å². The van der Waals surface area contributed by atoms with Gasteiger partial charge in [-0.2, -0.15) is 5.10 Å². The van der Waals surface area contributed by atoms with E-state index in [0.717, 1.165) is 5.56 Å². The molecule has 1 aromatic heterocycles. The number of para-hydroxylation sites is 1. The number of nitrogens with one attached hydrogen (secondary N) is 1. The van der Waals surface area contributed by atoms with Gasteiger partial charge in [0.1, 0.15) is 11.5 Å². The molecule has 1 N–H and O–H groups in total. The summed E-state index contributed by atoms with van der Waals surface area (Å²) in [6, 6.07) is 27.4. The van der Waals surface area contributed by atoms with Crippen LogP contribution in [0.3, 0.4) is 0 Å². The number of anilines is 1. The summed E-state index contributed by atoms with van der Waals surface area (Å²) < 4.78 is 11.3. The predicted molar refractivity (Wildman–Crippen MR) is 168 cm³/mol. The summed E-state index contributed by atoms with van der Waals surface area (Å²) in [4.78, 5) is 27.8. The van der Waals surface area contributed by atoms with Crippen LogP contribution in [0.15, 0.2) is 123 Å². The minimum atomic E-state index is -0.329. The number of carbonyl (C=O) groups is 2. The highest BCUT2D eigenvalue weighted by atomic mass is 35.5. The third-order valence-electron chi connectivity index (χ3n) is 5.86. The Bertz CT molecular complexity index is 1650. The number of carbonyl (C=O) groups excluding carboxylic acids is 2. The van der Waals surface area contributed by atoms with Crippen LogP contribution in [0.4, 0.5) is 5.69 Å². The van der Waals surface area contributed by atoms with Gasteiger partial charge in [-0.3, -0.25) is 14.5 Å². The number of allylic oxidation sites excluding steroid dienone is 1. The van der Waals surface area contributed by atoms with E-state index in [-0.39, 0.29) is 25.0 Å². The van der Waals surface area contributed by atoms with Gasteiger partial charge in [0.2, 0.25) is 0 Å². The van der Waals surface area contributed by atoms with Crippen molar-refractivity contribution >= 4 is 64.4 Å². The summed E-state index contributed by atoms with van der Waals surface area (Å²) in [5.41, 5.74) is 2.29. The molecule has 0 spiro atoms. The zero-order chi connectivity index (χ0) is 29.1. The number of thioether (sulfide) groups is 1. The van der Waals surface area contributed by atoms with Gasteiger partial charge < -0.3 is 14.5 Å². The van der Waals surface area contributed by atoms with Crippen molar-refractivity contribution in [3.63, 3.8) is 0 Å². The quantitative estimate of drug-likeness (QED) is 0.119. The van der Waals surface area contributed by atoms with Crippen molar-refractivity contribution in [1.82, 2.24) is 4.90 Å². The summed E-state index contributed by atoms with van der Waals surface area (Å²) >= 11 is 7.10. The van der Waals surface area contributed by atoms with E-state index in [1.165, 1.54) is 16.7 Å². The van der Waals surface area contributed by atoms with Gasteiger partial charge >= 0.3 is 0 Å². The van der Waals surface area contributed by atoms with E-state index < -0.39 is 0 Å². The maximum atomic E-state index is 13.5. The Labute approximate surface area is 252 Å². The molecule has 2 heterocycles. The lowest BCUT2D eigenvalue weighted by Crippen LogP contribution is -2.28. The van der Waals surface area contributed by atoms with Gasteiger partial charge in [0, 0.05) is 22.5 Å². The van der Waals surface area contributed by atoms with Crippen LogP contribution in [0.25, 0.3) is 12.2 Å². The first-order valence-corrected chi connectivity index (χ1v) is 14.1. The van der Waals surface area contributed by atoms with Crippen LogP contribution < -0.4 is 10.1 Å². The average molecular weight is 597 g/mol. The van der Waals surface area contributed by atoms with Crippen LogP contribution in [-0.2, 0) is 16.1 Å². The summed E-state index contributed by atoms with van der Waals surface area (Å²) in [7, 11) is 0. The third-order valence-corrected chi connectivity index (χ3v) is 7.11. The summed E-state index contributed by atoms with van der Waals surface area (Å²) in [6.45, 7) is -0.0140. The second kappa shape index (κ2) is 14.2. The number of amidine groups is 1. The Morgan fingerprint density at radius 3 is 2.57 bits per heavy atom. The van der Waals surface area contributed by atoms with E-state index in [0.29, 0.717) is 37.9 Å². The molecule has 1 saturated heterocycles. The lowest BCUT2D eigenvalue weighted by atomic mass is 10.2. The van der Waals surface area contributed by atoms with E-state index in [1.54, 1.807) is 73.2 Å². The number of benzene rings is 3. The molecule has 4 aromatic rings. The van der Waals surface area contributed by atoms with E-state index in [1.807, 2.05) is 48.5 Å². The fourth-order valence-corrected chi connectivity index (χ4v) is 4.92. The number of furan rings is 1. The highest BCUT2D eigenvalue weighted by Crippen LogP contribution is 2.35. The first-order chi connectivity index (χ1) is 20.5. The number of rotatable bonds is 10. The van der Waals surface area contributed by atoms with Crippen molar-refractivity contribution in [1.29, 1.82) is 0 Å². The molecule has 0 aliphatic carbocycles. The molecule has 8 nitrogen and oxygen atoms in total. The number of ether oxygens (including phenoxy) is 1. The number of hydrogen-bond donors (Lipinski definition) is 1. The molecule has 1 aliphatic rings. The SMILES string of the molecule is O=C(COc1ccccc1/C=C1\S/C(=N/N=C\C=C\c2ccccc2)N(Cc2ccco2)C1=O)Nc1ccc(Cl)cc1. The van der Waals surface area contributed by atoms with Gasteiger partial charge in [-0.1, -0.05) is 66.2 Å². The standard InChI is InChI=1S/C32H25ClN4O4S/c33-25-14-16-26(17-15-25)35-30(38)22-41-28-13-5-4-11-24(28)20-29-31(39)37(21-27-12-7-19-40-27)32(42-29)36-34-18-6-10-23-8-2-1-3-9-23/h1-20H,21-22H2,(H,35,38)/b10-6+,29-20-,34-18-,36-32+. The maximum absolute atomic E-state index is 13.5. The molecule has 42 heavy (non-hydrogen) atoms. The molecule has 0 radical (unpaired) electrons. The van der Waals surface area contributed by atoms with Gasteiger partial charge in [0.25, 0.3) is 11.8 Å². The van der Waals surface area contributed by atoms with Crippen molar-refractivity contribution in [3.05, 3.63) is 130 Å². The van der Waals surface area contributed by atoms with Crippen molar-refractivity contribution in [2.45, 2.75) is 6.54 Å². The Morgan fingerprint density at radius 1 is 1.00 bits per heavy atom. The largest absolute Gasteiger partial charge is 0.483 e. The third kappa shape index (κ3) is 7.87. The Morgan fingerprint density at radius 2 is 1.79 bits per heavy atom. The van der Waals surface area contributed by atoms with Gasteiger partial charge in [0.15, 0.2) is 11.8 Å². The molecule has 0 saturated carbocycles. The molecular weight excluding hydrogens is 572 g/mol. The zero-order valence-corrected chi connectivity index (χ0v) is 23.8. The van der Waals surface area contributed by atoms with E-state index in [4.69, 9.17) is 20.8 Å². The number of nitrogens with zero attached hydrogens (tertiary/aromatic N) is 3. The van der Waals surface area contributed by atoms with E-state index >= 15 is 0 Å². The molecule has 210 valence electrons. The van der Waals surface area contributed by atoms with Crippen molar-refractivity contribution in [3.8, 4) is 5.75 Å². The predicted octanol–water partition coefficient (Wildman–Crippen LogP) is 7.12. The molecule has 0 unspecified atom stereocenters. The molecular formula is C32H25ClN4O4S. The Hall–Kier alpha value is -4.86. The molecule has 1 fully saturated rings. The fourth-order valence-electron chi connectivity index (χ4n) is 3.87. The van der Waals surface area contributed by atoms with Gasteiger partial charge in [0.05, 0.1) is 17.7 Å². The second-order valence-corrected chi connectivity index (χ2v) is 10.3. The second-order valence-electron chi connectivity index (χ2n) is 8.88. The normalized spacial score (nSPS) is 15.4. The molecule has 0 atom stereocenters. The number of hydrogen-bond acceptors (Lipinski definition) is 7. The molecule has 3 aromatic carbocycles. The minimum Gasteiger partial charge on any atom is -0.483 e. The lowest BCUT2D eigenvalue weighted by Gasteiger charge is -2.12. The highest BCUT2D eigenvalue weighted by Gasteiger charge is 2.34. The first kappa shape index (κ1) is 28.7. The van der Waals surface area contributed by atoms with Crippen LogP contribution in [0.5, 0.6) is 5.75 Å². The van der Waals surface area contributed by atoms with Crippen LogP contribution in [0.1, 0.15) is 16.9 Å². The highest BCUT2D eigenvalue weighted by molar-refractivity contribution is 8.18. The summed E-state index contributed by atoms with van der Waals surface area (Å²) in [5.74, 6) is 0.489. The fraction of sp³-hybridized carbons (Fsp3) is 0.0625. The minimum absolute atomic E-state index is 0.202. The Balaban J connectivity index is 1.31. The lowest BCUT2D eigenvalue weighted by molar-refractivity contribution is -0.122. The maximum Gasteiger partial charge on any atom is 0.267 e. The Kier molecular flexibility index (Phi) is 9.66. The number of halogens is 1. The van der Waals surface area contributed by atoms with Crippen LogP contribution in [-0.4, -0.2) is 34.7 Å².